The molecule has 0 aliphatic carbocycles. The Morgan fingerprint density at radius 1 is 0.583 bits per heavy atom. The van der Waals surface area contributed by atoms with Crippen molar-refractivity contribution in [2.45, 2.75) is 6.92 Å². The molecule has 4 heterocycles. The van der Waals surface area contributed by atoms with E-state index in [1.165, 1.54) is 15.6 Å². The number of nitrogens with zero attached hydrogens (tertiary/aromatic N) is 6. The maximum atomic E-state index is 11.0. The lowest BCUT2D eigenvalue weighted by molar-refractivity contribution is 1.07. The molecule has 0 aliphatic heterocycles. The highest BCUT2D eigenvalue weighted by molar-refractivity contribution is 7.20. The molecule has 11 rings (SSSR count). The van der Waals surface area contributed by atoms with Gasteiger partial charge in [0.1, 0.15) is 6.07 Å². The van der Waals surface area contributed by atoms with Crippen LogP contribution in [0.3, 0.4) is 0 Å². The molecule has 7 aromatic carbocycles. The van der Waals surface area contributed by atoms with E-state index in [4.69, 9.17) is 15.0 Å². The average molecular weight is 787 g/mol. The first-order chi connectivity index (χ1) is 29.6. The van der Waals surface area contributed by atoms with E-state index in [-0.39, 0.29) is 0 Å². The standard InChI is InChI=1S/C53H34N6S/c1-3-15-39-42-31-37(25-29-48(42)60-47(39)4-2)58-45-23-14-12-21-41(45)49-46(58)28-26-40-38-20-11-13-22-44(38)59(50(40)49)43-27-24-35(30-36(43)32-54)53-56-51(33-16-7-5-8-17-33)55-52(57-53)34-18-9-6-10-19-34/h3-31H,2H2,1H3/b15-3-. The number of fused-ring (bicyclic) bond motifs is 8. The van der Waals surface area contributed by atoms with E-state index in [0.717, 1.165) is 76.6 Å². The van der Waals surface area contributed by atoms with E-state index in [9.17, 15) is 5.26 Å². The summed E-state index contributed by atoms with van der Waals surface area (Å²) >= 11 is 1.76. The minimum Gasteiger partial charge on any atom is -0.309 e. The van der Waals surface area contributed by atoms with Crippen LogP contribution in [0.15, 0.2) is 170 Å². The zero-order valence-corrected chi connectivity index (χ0v) is 33.4. The Morgan fingerprint density at radius 3 is 1.88 bits per heavy atom. The molecule has 0 amide bonds. The molecule has 0 aliphatic rings. The smallest absolute Gasteiger partial charge is 0.164 e. The third-order valence-corrected chi connectivity index (χ3v) is 12.5. The van der Waals surface area contributed by atoms with Gasteiger partial charge in [-0.05, 0) is 61.5 Å². The van der Waals surface area contributed by atoms with Crippen LogP contribution >= 0.6 is 11.3 Å². The fourth-order valence-corrected chi connectivity index (χ4v) is 9.71. The first kappa shape index (κ1) is 35.3. The Morgan fingerprint density at radius 2 is 1.22 bits per heavy atom. The van der Waals surface area contributed by atoms with Crippen molar-refractivity contribution in [2.75, 3.05) is 0 Å². The topological polar surface area (TPSA) is 72.3 Å². The predicted molar refractivity (Wildman–Crippen MR) is 250 cm³/mol. The van der Waals surface area contributed by atoms with Gasteiger partial charge < -0.3 is 9.13 Å². The van der Waals surface area contributed by atoms with Crippen molar-refractivity contribution in [2.24, 2.45) is 0 Å². The van der Waals surface area contributed by atoms with E-state index in [1.807, 2.05) is 84.9 Å². The summed E-state index contributed by atoms with van der Waals surface area (Å²) in [6.45, 7) is 6.16. The molecule has 0 unspecified atom stereocenters. The van der Waals surface area contributed by atoms with Gasteiger partial charge in [-0.3, -0.25) is 0 Å². The van der Waals surface area contributed by atoms with Gasteiger partial charge in [0.2, 0.25) is 0 Å². The number of hydrogen-bond donors (Lipinski definition) is 0. The maximum absolute atomic E-state index is 11.0. The lowest BCUT2D eigenvalue weighted by atomic mass is 10.1. The highest BCUT2D eigenvalue weighted by Crippen LogP contribution is 2.44. The average Bonchev–Trinajstić information content (AvgIpc) is 3.96. The molecule has 11 aromatic rings. The van der Waals surface area contributed by atoms with Crippen molar-refractivity contribution in [1.82, 2.24) is 24.1 Å². The molecule has 7 heteroatoms. The second-order valence-electron chi connectivity index (χ2n) is 14.7. The largest absolute Gasteiger partial charge is 0.309 e. The quantitative estimate of drug-likeness (QED) is 0.161. The van der Waals surface area contributed by atoms with Crippen molar-refractivity contribution in [3.63, 3.8) is 0 Å². The van der Waals surface area contributed by atoms with E-state index in [2.05, 4.69) is 120 Å². The number of hydrogen-bond acceptors (Lipinski definition) is 5. The van der Waals surface area contributed by atoms with Gasteiger partial charge >= 0.3 is 0 Å². The van der Waals surface area contributed by atoms with Gasteiger partial charge in [-0.1, -0.05) is 128 Å². The van der Waals surface area contributed by atoms with Crippen molar-refractivity contribution < 1.29 is 0 Å². The molecule has 282 valence electrons. The molecule has 0 radical (unpaired) electrons. The molecule has 0 spiro atoms. The third kappa shape index (κ3) is 5.50. The number of rotatable bonds is 7. The minimum atomic E-state index is 0.499. The second kappa shape index (κ2) is 14.2. The summed E-state index contributed by atoms with van der Waals surface area (Å²) in [5.41, 5.74) is 10.3. The van der Waals surface area contributed by atoms with E-state index in [1.54, 1.807) is 11.3 Å². The van der Waals surface area contributed by atoms with Crippen LogP contribution in [0.25, 0.3) is 111 Å². The summed E-state index contributed by atoms with van der Waals surface area (Å²) in [7, 11) is 0. The molecular formula is C53H34N6S. The first-order valence-electron chi connectivity index (χ1n) is 19.8. The molecule has 0 bridgehead atoms. The van der Waals surface area contributed by atoms with Crippen LogP contribution in [-0.2, 0) is 0 Å². The van der Waals surface area contributed by atoms with E-state index in [0.29, 0.717) is 23.0 Å². The zero-order chi connectivity index (χ0) is 40.3. The van der Waals surface area contributed by atoms with Gasteiger partial charge in [0.05, 0.1) is 33.3 Å². The fourth-order valence-electron chi connectivity index (χ4n) is 8.69. The molecule has 0 atom stereocenters. The van der Waals surface area contributed by atoms with Crippen LogP contribution in [-0.4, -0.2) is 24.1 Å². The Hall–Kier alpha value is -7.92. The van der Waals surface area contributed by atoms with Crippen molar-refractivity contribution in [3.8, 4) is 51.6 Å². The highest BCUT2D eigenvalue weighted by atomic mass is 32.1. The summed E-state index contributed by atoms with van der Waals surface area (Å²) in [5, 5.41) is 16.7. The Balaban J connectivity index is 1.16. The monoisotopic (exact) mass is 786 g/mol. The Bertz CT molecular complexity index is 3530. The summed E-state index contributed by atoms with van der Waals surface area (Å²) < 4.78 is 5.87. The zero-order valence-electron chi connectivity index (χ0n) is 32.5. The molecule has 0 saturated heterocycles. The lowest BCUT2D eigenvalue weighted by Crippen LogP contribution is -2.02. The van der Waals surface area contributed by atoms with Crippen LogP contribution in [0.2, 0.25) is 0 Å². The van der Waals surface area contributed by atoms with Gasteiger partial charge in [0, 0.05) is 64.4 Å². The number of benzene rings is 7. The van der Waals surface area contributed by atoms with Gasteiger partial charge in [0.15, 0.2) is 17.5 Å². The van der Waals surface area contributed by atoms with Crippen LogP contribution in [0.4, 0.5) is 0 Å². The van der Waals surface area contributed by atoms with Gasteiger partial charge in [0.25, 0.3) is 0 Å². The number of allylic oxidation sites excluding steroid dienone is 1. The van der Waals surface area contributed by atoms with Crippen molar-refractivity contribution in [1.29, 1.82) is 5.26 Å². The number of para-hydroxylation sites is 2. The molecule has 6 nitrogen and oxygen atoms in total. The van der Waals surface area contributed by atoms with Gasteiger partial charge in [-0.2, -0.15) is 5.26 Å². The first-order valence-corrected chi connectivity index (χ1v) is 20.6. The third-order valence-electron chi connectivity index (χ3n) is 11.3. The van der Waals surface area contributed by atoms with E-state index < -0.39 is 0 Å². The molecule has 0 N–H and O–H groups in total. The number of aromatic nitrogens is 5. The van der Waals surface area contributed by atoms with Crippen LogP contribution in [0.1, 0.15) is 22.9 Å². The SMILES string of the molecule is C=Cc1sc2ccc(-n3c4ccccc4c4c3ccc3c5ccccc5n(-c5ccc(-c6nc(-c7ccccc7)nc(-c7ccccc7)n6)cc5C#N)c34)cc2c1/C=C\C. The van der Waals surface area contributed by atoms with Crippen LogP contribution < -0.4 is 0 Å². The lowest BCUT2D eigenvalue weighted by Gasteiger charge is -2.13. The molecule has 0 saturated carbocycles. The number of thiophene rings is 1. The highest BCUT2D eigenvalue weighted by Gasteiger charge is 2.23. The van der Waals surface area contributed by atoms with Crippen LogP contribution in [0, 0.1) is 11.3 Å². The second-order valence-corrected chi connectivity index (χ2v) is 15.8. The van der Waals surface area contributed by atoms with Crippen molar-refractivity contribution in [3.05, 3.63) is 186 Å². The van der Waals surface area contributed by atoms with Gasteiger partial charge in [-0.25, -0.2) is 15.0 Å². The summed E-state index contributed by atoms with van der Waals surface area (Å²) in [5.74, 6) is 1.64. The normalized spacial score (nSPS) is 11.7. The summed E-state index contributed by atoms with van der Waals surface area (Å²) in [6, 6.07) is 56.7. The fraction of sp³-hybridized carbons (Fsp3) is 0.0189. The maximum Gasteiger partial charge on any atom is 0.164 e. The van der Waals surface area contributed by atoms with Crippen LogP contribution in [0.5, 0.6) is 0 Å². The van der Waals surface area contributed by atoms with Gasteiger partial charge in [-0.15, -0.1) is 11.3 Å². The summed E-state index contributed by atoms with van der Waals surface area (Å²) in [4.78, 5) is 16.0. The molecule has 0 fully saturated rings. The Kier molecular flexibility index (Phi) is 8.33. The predicted octanol–water partition coefficient (Wildman–Crippen LogP) is 13.8. The van der Waals surface area contributed by atoms with E-state index >= 15 is 0 Å². The van der Waals surface area contributed by atoms with Crippen molar-refractivity contribution >= 4 is 77.2 Å². The summed E-state index contributed by atoms with van der Waals surface area (Å²) in [6.07, 6.45) is 6.22. The molecular weight excluding hydrogens is 753 g/mol. The minimum absolute atomic E-state index is 0.499. The molecule has 60 heavy (non-hydrogen) atoms. The number of nitriles is 1. The Labute approximate surface area is 349 Å². The molecule has 4 aromatic heterocycles.